The van der Waals surface area contributed by atoms with Crippen LogP contribution in [-0.4, -0.2) is 57.2 Å². The summed E-state index contributed by atoms with van der Waals surface area (Å²) in [4.78, 5) is 13.9. The van der Waals surface area contributed by atoms with Gasteiger partial charge in [-0.2, -0.15) is 0 Å². The van der Waals surface area contributed by atoms with Crippen LogP contribution >= 0.6 is 0 Å². The molecule has 3 N–H and O–H groups in total. The molecule has 1 rings (SSSR count). The van der Waals surface area contributed by atoms with Gasteiger partial charge in [-0.1, -0.05) is 0 Å². The van der Waals surface area contributed by atoms with Crippen LogP contribution in [0.3, 0.4) is 0 Å². The van der Waals surface area contributed by atoms with Gasteiger partial charge in [-0.15, -0.1) is 0 Å². The van der Waals surface area contributed by atoms with Gasteiger partial charge in [0.25, 0.3) is 0 Å². The third-order valence-corrected chi connectivity index (χ3v) is 3.44. The first-order valence-electron chi connectivity index (χ1n) is 6.33. The van der Waals surface area contributed by atoms with E-state index in [0.29, 0.717) is 18.9 Å². The first kappa shape index (κ1) is 14.4. The van der Waals surface area contributed by atoms with Crippen LogP contribution in [0, 0.1) is 5.92 Å². The van der Waals surface area contributed by atoms with Gasteiger partial charge in [0.2, 0.25) is 5.91 Å². The predicted molar refractivity (Wildman–Crippen MR) is 67.7 cm³/mol. The minimum atomic E-state index is -0.160. The molecule has 0 aromatic rings. The van der Waals surface area contributed by atoms with Crippen LogP contribution in [0.5, 0.6) is 0 Å². The van der Waals surface area contributed by atoms with Crippen LogP contribution in [0.15, 0.2) is 0 Å². The van der Waals surface area contributed by atoms with Crippen molar-refractivity contribution in [3.05, 3.63) is 0 Å². The normalized spacial score (nSPS) is 20.2. The lowest BCUT2D eigenvalue weighted by molar-refractivity contribution is -0.123. The predicted octanol–water partition coefficient (Wildman–Crippen LogP) is -0.192. The van der Waals surface area contributed by atoms with Crippen molar-refractivity contribution in [2.75, 3.05) is 40.3 Å². The van der Waals surface area contributed by atoms with Crippen molar-refractivity contribution < 1.29 is 9.53 Å². The highest BCUT2D eigenvalue weighted by Gasteiger charge is 2.18. The van der Waals surface area contributed by atoms with Crippen molar-refractivity contribution >= 4 is 5.91 Å². The van der Waals surface area contributed by atoms with Crippen molar-refractivity contribution in [2.45, 2.75) is 25.4 Å². The number of likely N-dealkylation sites (tertiary alicyclic amines) is 1. The summed E-state index contributed by atoms with van der Waals surface area (Å²) in [6, 6.07) is 0. The fraction of sp³-hybridized carbons (Fsp3) is 0.917. The Morgan fingerprint density at radius 3 is 2.71 bits per heavy atom. The Morgan fingerprint density at radius 1 is 1.53 bits per heavy atom. The number of rotatable bonds is 6. The molecule has 0 radical (unpaired) electrons. The quantitative estimate of drug-likeness (QED) is 0.678. The maximum Gasteiger partial charge on any atom is 0.222 e. The third kappa shape index (κ3) is 5.48. The molecule has 1 unspecified atom stereocenters. The number of methoxy groups -OCH3 is 1. The molecule has 1 amide bonds. The molecule has 1 saturated heterocycles. The molecule has 0 aromatic heterocycles. The molecule has 1 aliphatic rings. The van der Waals surface area contributed by atoms with Crippen LogP contribution < -0.4 is 11.1 Å². The number of carbonyl (C=O) groups excluding carboxylic acids is 1. The number of hydrogen-bond acceptors (Lipinski definition) is 4. The Kier molecular flexibility index (Phi) is 6.47. The summed E-state index contributed by atoms with van der Waals surface area (Å²) in [6.45, 7) is 3.43. The number of amides is 1. The molecule has 0 aliphatic carbocycles. The van der Waals surface area contributed by atoms with E-state index >= 15 is 0 Å². The zero-order valence-corrected chi connectivity index (χ0v) is 10.9. The highest BCUT2D eigenvalue weighted by atomic mass is 16.5. The molecule has 0 spiro atoms. The van der Waals surface area contributed by atoms with E-state index in [4.69, 9.17) is 10.5 Å². The zero-order chi connectivity index (χ0) is 12.7. The summed E-state index contributed by atoms with van der Waals surface area (Å²) in [5.41, 5.74) is 5.48. The minimum absolute atomic E-state index is 0.0428. The van der Waals surface area contributed by atoms with Gasteiger partial charge in [-0.3, -0.25) is 4.79 Å². The van der Waals surface area contributed by atoms with Gasteiger partial charge in [0, 0.05) is 20.2 Å². The van der Waals surface area contributed by atoms with Crippen LogP contribution in [0.4, 0.5) is 0 Å². The SMILES string of the molecule is COC(CN)CC(=O)NCC1CCN(C)CC1. The van der Waals surface area contributed by atoms with Gasteiger partial charge in [0.1, 0.15) is 0 Å². The molecule has 1 atom stereocenters. The maximum atomic E-state index is 11.6. The van der Waals surface area contributed by atoms with Gasteiger partial charge >= 0.3 is 0 Å². The second-order valence-electron chi connectivity index (χ2n) is 4.85. The lowest BCUT2D eigenvalue weighted by atomic mass is 9.97. The Labute approximate surface area is 104 Å². The van der Waals surface area contributed by atoms with E-state index in [0.717, 1.165) is 19.6 Å². The summed E-state index contributed by atoms with van der Waals surface area (Å²) in [5, 5.41) is 2.97. The van der Waals surface area contributed by atoms with Crippen LogP contribution in [0.1, 0.15) is 19.3 Å². The first-order chi connectivity index (χ1) is 8.15. The number of nitrogens with two attached hydrogens (primary N) is 1. The van der Waals surface area contributed by atoms with E-state index in [9.17, 15) is 4.79 Å². The number of nitrogens with zero attached hydrogens (tertiary/aromatic N) is 1. The molecule has 100 valence electrons. The molecule has 0 bridgehead atoms. The average Bonchev–Trinajstić information content (AvgIpc) is 2.35. The molecule has 17 heavy (non-hydrogen) atoms. The van der Waals surface area contributed by atoms with Crippen molar-refractivity contribution in [3.8, 4) is 0 Å². The Hall–Kier alpha value is -0.650. The lowest BCUT2D eigenvalue weighted by Crippen LogP contribution is -2.38. The lowest BCUT2D eigenvalue weighted by Gasteiger charge is -2.29. The molecule has 0 saturated carbocycles. The molecular weight excluding hydrogens is 218 g/mol. The van der Waals surface area contributed by atoms with Gasteiger partial charge in [0.15, 0.2) is 0 Å². The molecule has 5 heteroatoms. The highest BCUT2D eigenvalue weighted by Crippen LogP contribution is 2.14. The van der Waals surface area contributed by atoms with E-state index in [1.807, 2.05) is 0 Å². The molecule has 1 fully saturated rings. The van der Waals surface area contributed by atoms with Gasteiger partial charge < -0.3 is 20.7 Å². The minimum Gasteiger partial charge on any atom is -0.380 e. The van der Waals surface area contributed by atoms with Crippen LogP contribution in [-0.2, 0) is 9.53 Å². The number of nitrogens with one attached hydrogen (secondary N) is 1. The van der Waals surface area contributed by atoms with Crippen LogP contribution in [0.25, 0.3) is 0 Å². The summed E-state index contributed by atoms with van der Waals surface area (Å²) in [6.07, 6.45) is 2.54. The number of carbonyl (C=O) groups is 1. The Morgan fingerprint density at radius 2 is 2.18 bits per heavy atom. The monoisotopic (exact) mass is 243 g/mol. The second kappa shape index (κ2) is 7.63. The zero-order valence-electron chi connectivity index (χ0n) is 10.9. The number of hydrogen-bond donors (Lipinski definition) is 2. The summed E-state index contributed by atoms with van der Waals surface area (Å²) >= 11 is 0. The smallest absolute Gasteiger partial charge is 0.222 e. The fourth-order valence-corrected chi connectivity index (χ4v) is 2.07. The molecule has 5 nitrogen and oxygen atoms in total. The molecule has 0 aromatic carbocycles. The van der Waals surface area contributed by atoms with E-state index < -0.39 is 0 Å². The molecule has 1 aliphatic heterocycles. The largest absolute Gasteiger partial charge is 0.380 e. The van der Waals surface area contributed by atoms with E-state index in [1.54, 1.807) is 7.11 Å². The van der Waals surface area contributed by atoms with E-state index in [2.05, 4.69) is 17.3 Å². The first-order valence-corrected chi connectivity index (χ1v) is 6.33. The highest BCUT2D eigenvalue weighted by molar-refractivity contribution is 5.76. The molecule has 1 heterocycles. The van der Waals surface area contributed by atoms with Crippen molar-refractivity contribution in [3.63, 3.8) is 0 Å². The maximum absolute atomic E-state index is 11.6. The van der Waals surface area contributed by atoms with Gasteiger partial charge in [-0.05, 0) is 38.9 Å². The Bertz CT molecular complexity index is 224. The second-order valence-corrected chi connectivity index (χ2v) is 4.85. The van der Waals surface area contributed by atoms with Crippen molar-refractivity contribution in [1.82, 2.24) is 10.2 Å². The van der Waals surface area contributed by atoms with Crippen molar-refractivity contribution in [1.29, 1.82) is 0 Å². The Balaban J connectivity index is 2.15. The summed E-state index contributed by atoms with van der Waals surface area (Å²) in [5.74, 6) is 0.662. The van der Waals surface area contributed by atoms with Crippen LogP contribution in [0.2, 0.25) is 0 Å². The van der Waals surface area contributed by atoms with Crippen molar-refractivity contribution in [2.24, 2.45) is 11.7 Å². The van der Waals surface area contributed by atoms with E-state index in [1.165, 1.54) is 12.8 Å². The third-order valence-electron chi connectivity index (χ3n) is 3.44. The number of piperidine rings is 1. The fourth-order valence-electron chi connectivity index (χ4n) is 2.07. The van der Waals surface area contributed by atoms with Gasteiger partial charge in [0.05, 0.1) is 12.5 Å². The number of ether oxygens (including phenoxy) is 1. The van der Waals surface area contributed by atoms with Gasteiger partial charge in [-0.25, -0.2) is 0 Å². The average molecular weight is 243 g/mol. The summed E-state index contributed by atoms with van der Waals surface area (Å²) < 4.78 is 5.08. The molecular formula is C12H25N3O2. The standard InChI is InChI=1S/C12H25N3O2/c1-15-5-3-10(4-6-15)9-14-12(16)7-11(8-13)17-2/h10-11H,3-9,13H2,1-2H3,(H,14,16). The van der Waals surface area contributed by atoms with E-state index in [-0.39, 0.29) is 12.0 Å². The summed E-state index contributed by atoms with van der Waals surface area (Å²) in [7, 11) is 3.72. The topological polar surface area (TPSA) is 67.6 Å².